The smallest absolute Gasteiger partial charge is 0.270 e. The van der Waals surface area contributed by atoms with Crippen LogP contribution in [0, 0.1) is 0 Å². The minimum absolute atomic E-state index is 0.157. The molecular weight excluding hydrogens is 346 g/mol. The van der Waals surface area contributed by atoms with Gasteiger partial charge in [0.1, 0.15) is 11.4 Å². The Kier molecular flexibility index (Phi) is 4.66. The largest absolute Gasteiger partial charge is 0.463 e. The minimum Gasteiger partial charge on any atom is -0.463 e. The van der Waals surface area contributed by atoms with E-state index >= 15 is 0 Å². The van der Waals surface area contributed by atoms with Crippen LogP contribution in [0.1, 0.15) is 15.4 Å². The highest BCUT2D eigenvalue weighted by Crippen LogP contribution is 2.22. The summed E-state index contributed by atoms with van der Waals surface area (Å²) < 4.78 is 7.08. The van der Waals surface area contributed by atoms with Gasteiger partial charge in [0.15, 0.2) is 5.76 Å². The van der Waals surface area contributed by atoms with E-state index in [0.717, 1.165) is 12.1 Å². The normalized spacial score (nSPS) is 10.8. The zero-order valence-corrected chi connectivity index (χ0v) is 14.8. The number of aromatic nitrogens is 2. The van der Waals surface area contributed by atoms with Gasteiger partial charge in [0, 0.05) is 17.5 Å². The molecular formula is C20H17N3O2S. The Morgan fingerprint density at radius 1 is 1.12 bits per heavy atom. The summed E-state index contributed by atoms with van der Waals surface area (Å²) in [5.74, 6) is 0.475. The molecule has 3 heterocycles. The molecule has 0 aliphatic heterocycles. The monoisotopic (exact) mass is 363 g/mol. The first kappa shape index (κ1) is 16.4. The number of amides is 1. The third kappa shape index (κ3) is 3.45. The third-order valence-corrected chi connectivity index (χ3v) is 4.89. The highest BCUT2D eigenvalue weighted by molar-refractivity contribution is 7.09. The fourth-order valence-corrected chi connectivity index (χ4v) is 3.41. The van der Waals surface area contributed by atoms with Crippen LogP contribution >= 0.6 is 11.3 Å². The summed E-state index contributed by atoms with van der Waals surface area (Å²) in [6.07, 6.45) is 2.41. The molecule has 1 amide bonds. The van der Waals surface area contributed by atoms with Crippen molar-refractivity contribution >= 4 is 17.2 Å². The van der Waals surface area contributed by atoms with Crippen LogP contribution in [0.15, 0.2) is 76.7 Å². The number of nitrogens with zero attached hydrogens (tertiary/aromatic N) is 2. The van der Waals surface area contributed by atoms with Gasteiger partial charge in [0.25, 0.3) is 5.91 Å². The Balaban J connectivity index is 1.59. The molecule has 0 radical (unpaired) electrons. The maximum atomic E-state index is 12.8. The van der Waals surface area contributed by atoms with Crippen molar-refractivity contribution in [1.82, 2.24) is 15.1 Å². The van der Waals surface area contributed by atoms with Gasteiger partial charge >= 0.3 is 0 Å². The highest BCUT2D eigenvalue weighted by Gasteiger charge is 2.18. The zero-order chi connectivity index (χ0) is 17.8. The number of thiophene rings is 1. The average molecular weight is 363 g/mol. The van der Waals surface area contributed by atoms with Crippen molar-refractivity contribution < 1.29 is 9.21 Å². The Morgan fingerprint density at radius 3 is 2.73 bits per heavy atom. The van der Waals surface area contributed by atoms with Crippen LogP contribution in [0.25, 0.3) is 17.1 Å². The second-order valence-electron chi connectivity index (χ2n) is 5.72. The van der Waals surface area contributed by atoms with Crippen molar-refractivity contribution in [3.8, 4) is 17.1 Å². The molecule has 0 spiro atoms. The van der Waals surface area contributed by atoms with Crippen LogP contribution in [-0.4, -0.2) is 22.2 Å². The van der Waals surface area contributed by atoms with E-state index in [1.54, 1.807) is 34.4 Å². The lowest BCUT2D eigenvalue weighted by Crippen LogP contribution is -2.27. The SMILES string of the molecule is O=C(NCCc1cccs1)c1cc(-c2ccco2)nn1-c1ccccc1. The number of carbonyl (C=O) groups excluding carboxylic acids is 1. The van der Waals surface area contributed by atoms with Crippen LogP contribution in [0.4, 0.5) is 0 Å². The highest BCUT2D eigenvalue weighted by atomic mass is 32.1. The van der Waals surface area contributed by atoms with Gasteiger partial charge in [-0.15, -0.1) is 11.3 Å². The molecule has 1 N–H and O–H groups in total. The lowest BCUT2D eigenvalue weighted by Gasteiger charge is -2.08. The van der Waals surface area contributed by atoms with Gasteiger partial charge in [-0.25, -0.2) is 4.68 Å². The summed E-state index contributed by atoms with van der Waals surface area (Å²) >= 11 is 1.69. The molecule has 4 rings (SSSR count). The van der Waals surface area contributed by atoms with Gasteiger partial charge < -0.3 is 9.73 Å². The van der Waals surface area contributed by atoms with Crippen LogP contribution < -0.4 is 5.32 Å². The van der Waals surface area contributed by atoms with Crippen molar-refractivity contribution in [2.45, 2.75) is 6.42 Å². The standard InChI is InChI=1S/C20H17N3O2S/c24-20(21-11-10-16-8-5-13-26-16)18-14-17(19-9-4-12-25-19)22-23(18)15-6-2-1-3-7-15/h1-9,12-14H,10-11H2,(H,21,24). The van der Waals surface area contributed by atoms with E-state index in [4.69, 9.17) is 4.42 Å². The fourth-order valence-electron chi connectivity index (χ4n) is 2.70. The number of benzene rings is 1. The molecule has 0 saturated heterocycles. The van der Waals surface area contributed by atoms with Crippen molar-refractivity contribution in [3.05, 3.63) is 82.9 Å². The number of rotatable bonds is 6. The van der Waals surface area contributed by atoms with Gasteiger partial charge in [-0.05, 0) is 42.1 Å². The number of hydrogen-bond acceptors (Lipinski definition) is 4. The van der Waals surface area contributed by atoms with Crippen LogP contribution in [0.3, 0.4) is 0 Å². The molecule has 0 aliphatic carbocycles. The molecule has 0 unspecified atom stereocenters. The Morgan fingerprint density at radius 2 is 2.00 bits per heavy atom. The van der Waals surface area contributed by atoms with Crippen molar-refractivity contribution in [3.63, 3.8) is 0 Å². The van der Waals surface area contributed by atoms with Gasteiger partial charge in [-0.1, -0.05) is 24.3 Å². The van der Waals surface area contributed by atoms with Crippen molar-refractivity contribution in [1.29, 1.82) is 0 Å². The van der Waals surface area contributed by atoms with Gasteiger partial charge in [0.2, 0.25) is 0 Å². The van der Waals surface area contributed by atoms with E-state index in [1.807, 2.05) is 47.8 Å². The van der Waals surface area contributed by atoms with E-state index in [-0.39, 0.29) is 5.91 Å². The molecule has 5 nitrogen and oxygen atoms in total. The number of carbonyl (C=O) groups is 1. The molecule has 0 atom stereocenters. The maximum Gasteiger partial charge on any atom is 0.270 e. The third-order valence-electron chi connectivity index (χ3n) is 3.95. The van der Waals surface area contributed by atoms with E-state index in [9.17, 15) is 4.79 Å². The van der Waals surface area contributed by atoms with Gasteiger partial charge in [-0.2, -0.15) is 5.10 Å². The first-order valence-corrected chi connectivity index (χ1v) is 9.19. The van der Waals surface area contributed by atoms with Gasteiger partial charge in [0.05, 0.1) is 12.0 Å². The first-order chi connectivity index (χ1) is 12.8. The summed E-state index contributed by atoms with van der Waals surface area (Å²) in [6.45, 7) is 0.579. The predicted octanol–water partition coefficient (Wildman–Crippen LogP) is 4.17. The van der Waals surface area contributed by atoms with Crippen molar-refractivity contribution in [2.24, 2.45) is 0 Å². The van der Waals surface area contributed by atoms with Crippen LogP contribution in [0.5, 0.6) is 0 Å². The molecule has 1 aromatic carbocycles. The summed E-state index contributed by atoms with van der Waals surface area (Å²) in [4.78, 5) is 14.0. The summed E-state index contributed by atoms with van der Waals surface area (Å²) in [5, 5.41) is 9.59. The molecule has 26 heavy (non-hydrogen) atoms. The topological polar surface area (TPSA) is 60.1 Å². The molecule has 6 heteroatoms. The number of nitrogens with one attached hydrogen (secondary N) is 1. The molecule has 130 valence electrons. The van der Waals surface area contributed by atoms with E-state index in [0.29, 0.717) is 23.7 Å². The lowest BCUT2D eigenvalue weighted by atomic mass is 10.2. The summed E-state index contributed by atoms with van der Waals surface area (Å²) in [6, 6.07) is 19.1. The predicted molar refractivity (Wildman–Crippen MR) is 102 cm³/mol. The molecule has 4 aromatic rings. The summed E-state index contributed by atoms with van der Waals surface area (Å²) in [5.41, 5.74) is 1.93. The van der Waals surface area contributed by atoms with E-state index in [2.05, 4.69) is 16.5 Å². The second-order valence-corrected chi connectivity index (χ2v) is 6.76. The summed E-state index contributed by atoms with van der Waals surface area (Å²) in [7, 11) is 0. The van der Waals surface area contributed by atoms with Gasteiger partial charge in [-0.3, -0.25) is 4.79 Å². The minimum atomic E-state index is -0.157. The lowest BCUT2D eigenvalue weighted by molar-refractivity contribution is 0.0946. The molecule has 0 bridgehead atoms. The Hall–Kier alpha value is -3.12. The Labute approximate surface area is 154 Å². The first-order valence-electron chi connectivity index (χ1n) is 8.31. The average Bonchev–Trinajstić information content (AvgIpc) is 3.42. The molecule has 3 aromatic heterocycles. The Bertz CT molecular complexity index is 974. The fraction of sp³-hybridized carbons (Fsp3) is 0.100. The second kappa shape index (κ2) is 7.41. The number of furan rings is 1. The van der Waals surface area contributed by atoms with Crippen LogP contribution in [0.2, 0.25) is 0 Å². The van der Waals surface area contributed by atoms with Crippen molar-refractivity contribution in [2.75, 3.05) is 6.54 Å². The van der Waals surface area contributed by atoms with E-state index < -0.39 is 0 Å². The van der Waals surface area contributed by atoms with E-state index in [1.165, 1.54) is 4.88 Å². The number of para-hydroxylation sites is 1. The zero-order valence-electron chi connectivity index (χ0n) is 14.0. The molecule has 0 fully saturated rings. The number of hydrogen-bond donors (Lipinski definition) is 1. The molecule has 0 aliphatic rings. The molecule has 0 saturated carbocycles. The van der Waals surface area contributed by atoms with Crippen LogP contribution in [-0.2, 0) is 6.42 Å². The quantitative estimate of drug-likeness (QED) is 0.559. The maximum absolute atomic E-state index is 12.8.